The van der Waals surface area contributed by atoms with Gasteiger partial charge in [0.1, 0.15) is 11.5 Å². The van der Waals surface area contributed by atoms with Gasteiger partial charge in [-0.3, -0.25) is 10.1 Å². The van der Waals surface area contributed by atoms with Crippen LogP contribution in [0.15, 0.2) is 30.3 Å². The molecule has 110 valence electrons. The predicted octanol–water partition coefficient (Wildman–Crippen LogP) is 5.21. The summed E-state index contributed by atoms with van der Waals surface area (Å²) in [5, 5.41) is 11.3. The molecule has 0 amide bonds. The fraction of sp³-hybridized carbons (Fsp3) is 0.250. The minimum atomic E-state index is -0.386. The van der Waals surface area contributed by atoms with Crippen LogP contribution in [0.3, 0.4) is 0 Å². The molecule has 0 heterocycles. The van der Waals surface area contributed by atoms with Crippen LogP contribution in [-0.4, -0.2) is 4.92 Å². The Morgan fingerprint density at radius 1 is 1.19 bits per heavy atom. The van der Waals surface area contributed by atoms with Crippen molar-refractivity contribution in [3.63, 3.8) is 0 Å². The second-order valence-electron chi connectivity index (χ2n) is 4.99. The monoisotopic (exact) mass is 349 g/mol. The molecule has 0 N–H and O–H groups in total. The summed E-state index contributed by atoms with van der Waals surface area (Å²) in [6, 6.07) is 8.87. The van der Waals surface area contributed by atoms with Crippen LogP contribution in [0.1, 0.15) is 22.3 Å². The number of hydrogen-bond acceptors (Lipinski definition) is 3. The predicted molar refractivity (Wildman–Crippen MR) is 86.5 cm³/mol. The van der Waals surface area contributed by atoms with Gasteiger partial charge in [0.2, 0.25) is 0 Å². The number of nitro groups is 1. The lowest BCUT2D eigenvalue weighted by molar-refractivity contribution is -0.385. The van der Waals surface area contributed by atoms with Gasteiger partial charge in [-0.05, 0) is 55.7 Å². The molecule has 0 fully saturated rings. The van der Waals surface area contributed by atoms with E-state index in [0.29, 0.717) is 16.6 Å². The van der Waals surface area contributed by atoms with E-state index in [1.54, 1.807) is 12.1 Å². The van der Waals surface area contributed by atoms with E-state index >= 15 is 0 Å². The van der Waals surface area contributed by atoms with Gasteiger partial charge in [-0.2, -0.15) is 0 Å². The molecule has 0 aliphatic rings. The summed E-state index contributed by atoms with van der Waals surface area (Å²) in [7, 11) is 0. The van der Waals surface area contributed by atoms with Gasteiger partial charge >= 0.3 is 0 Å². The Bertz CT molecular complexity index is 698. The Hall–Kier alpha value is -1.88. The quantitative estimate of drug-likeness (QED) is 0.432. The van der Waals surface area contributed by atoms with Gasteiger partial charge in [-0.1, -0.05) is 22.0 Å². The smallest absolute Gasteiger partial charge is 0.273 e. The highest BCUT2D eigenvalue weighted by Gasteiger charge is 2.14. The summed E-state index contributed by atoms with van der Waals surface area (Å²) in [4.78, 5) is 10.6. The molecule has 2 aromatic rings. The molecule has 0 aromatic heterocycles. The highest BCUT2D eigenvalue weighted by Crippen LogP contribution is 2.32. The number of rotatable bonds is 4. The number of nitro benzene ring substituents is 1. The van der Waals surface area contributed by atoms with Crippen LogP contribution in [0.25, 0.3) is 0 Å². The van der Waals surface area contributed by atoms with Crippen LogP contribution in [0, 0.1) is 30.9 Å². The third-order valence-corrected chi connectivity index (χ3v) is 3.99. The maximum atomic E-state index is 10.9. The fourth-order valence-corrected chi connectivity index (χ4v) is 2.59. The van der Waals surface area contributed by atoms with Gasteiger partial charge in [-0.25, -0.2) is 0 Å². The van der Waals surface area contributed by atoms with Crippen LogP contribution in [0.2, 0.25) is 0 Å². The second-order valence-corrected chi connectivity index (χ2v) is 5.55. The van der Waals surface area contributed by atoms with E-state index in [1.807, 2.05) is 26.8 Å². The molecule has 2 aromatic carbocycles. The third kappa shape index (κ3) is 3.42. The van der Waals surface area contributed by atoms with Crippen molar-refractivity contribution in [2.75, 3.05) is 0 Å². The van der Waals surface area contributed by atoms with E-state index in [-0.39, 0.29) is 10.6 Å². The zero-order valence-corrected chi connectivity index (χ0v) is 13.7. The fourth-order valence-electron chi connectivity index (χ4n) is 2.14. The van der Waals surface area contributed by atoms with Gasteiger partial charge in [0.05, 0.1) is 4.92 Å². The normalized spacial score (nSPS) is 10.5. The molecule has 0 aliphatic heterocycles. The lowest BCUT2D eigenvalue weighted by atomic mass is 10.1. The molecule has 21 heavy (non-hydrogen) atoms. The summed E-state index contributed by atoms with van der Waals surface area (Å²) in [6.07, 6.45) is 0. The van der Waals surface area contributed by atoms with E-state index < -0.39 is 0 Å². The lowest BCUT2D eigenvalue weighted by Crippen LogP contribution is -1.96. The minimum Gasteiger partial charge on any atom is -0.457 e. The molecular weight excluding hydrogens is 334 g/mol. The second kappa shape index (κ2) is 6.26. The number of ether oxygens (including phenoxy) is 1. The Morgan fingerprint density at radius 3 is 2.52 bits per heavy atom. The third-order valence-electron chi connectivity index (χ3n) is 3.38. The molecule has 0 saturated carbocycles. The van der Waals surface area contributed by atoms with E-state index in [4.69, 9.17) is 4.74 Å². The molecule has 0 unspecified atom stereocenters. The summed E-state index contributed by atoms with van der Waals surface area (Å²) < 4.78 is 5.90. The molecule has 0 atom stereocenters. The Kier molecular flexibility index (Phi) is 4.63. The largest absolute Gasteiger partial charge is 0.457 e. The zero-order valence-electron chi connectivity index (χ0n) is 12.1. The van der Waals surface area contributed by atoms with Gasteiger partial charge in [0.15, 0.2) is 0 Å². The molecular formula is C16H16BrNO3. The maximum absolute atomic E-state index is 10.9. The van der Waals surface area contributed by atoms with Gasteiger partial charge in [0, 0.05) is 17.0 Å². The number of hydrogen-bond donors (Lipinski definition) is 0. The van der Waals surface area contributed by atoms with E-state index in [1.165, 1.54) is 6.07 Å². The standard InChI is InChI=1S/C16H16BrNO3/c1-10-6-11(2)12(3)16(7-10)21-14-4-5-15(18(19)20)13(8-14)9-17/h4-8H,9H2,1-3H3. The number of benzene rings is 2. The van der Waals surface area contributed by atoms with Crippen LogP contribution in [0.4, 0.5) is 5.69 Å². The molecule has 0 aliphatic carbocycles. The topological polar surface area (TPSA) is 52.4 Å². The van der Waals surface area contributed by atoms with Crippen molar-refractivity contribution in [2.45, 2.75) is 26.1 Å². The highest BCUT2D eigenvalue weighted by molar-refractivity contribution is 9.08. The summed E-state index contributed by atoms with van der Waals surface area (Å²) in [6.45, 7) is 6.05. The van der Waals surface area contributed by atoms with Crippen molar-refractivity contribution in [1.29, 1.82) is 0 Å². The van der Waals surface area contributed by atoms with Crippen molar-refractivity contribution in [3.8, 4) is 11.5 Å². The number of halogens is 1. The van der Waals surface area contributed by atoms with Crippen molar-refractivity contribution in [1.82, 2.24) is 0 Å². The Morgan fingerprint density at radius 2 is 1.90 bits per heavy atom. The van der Waals surface area contributed by atoms with E-state index in [2.05, 4.69) is 22.0 Å². The SMILES string of the molecule is Cc1cc(C)c(C)c(Oc2ccc([N+](=O)[O-])c(CBr)c2)c1. The first-order valence-corrected chi connectivity index (χ1v) is 7.63. The van der Waals surface area contributed by atoms with Crippen LogP contribution < -0.4 is 4.74 Å². The maximum Gasteiger partial charge on any atom is 0.273 e. The summed E-state index contributed by atoms with van der Waals surface area (Å²) in [5.74, 6) is 1.38. The molecule has 0 spiro atoms. The lowest BCUT2D eigenvalue weighted by Gasteiger charge is -2.12. The number of alkyl halides is 1. The molecule has 4 nitrogen and oxygen atoms in total. The van der Waals surface area contributed by atoms with Crippen molar-refractivity contribution < 1.29 is 9.66 Å². The first kappa shape index (κ1) is 15.5. The Balaban J connectivity index is 2.39. The number of nitrogens with zero attached hydrogens (tertiary/aromatic N) is 1. The number of aryl methyl sites for hydroxylation is 2. The van der Waals surface area contributed by atoms with Gasteiger partial charge in [-0.15, -0.1) is 0 Å². The van der Waals surface area contributed by atoms with E-state index in [9.17, 15) is 10.1 Å². The van der Waals surface area contributed by atoms with Gasteiger partial charge < -0.3 is 4.74 Å². The van der Waals surface area contributed by atoms with Crippen LogP contribution in [-0.2, 0) is 5.33 Å². The van der Waals surface area contributed by atoms with Crippen LogP contribution in [0.5, 0.6) is 11.5 Å². The molecule has 2 rings (SSSR count). The zero-order chi connectivity index (χ0) is 15.6. The highest BCUT2D eigenvalue weighted by atomic mass is 79.9. The van der Waals surface area contributed by atoms with Gasteiger partial charge in [0.25, 0.3) is 5.69 Å². The molecule has 0 radical (unpaired) electrons. The first-order valence-electron chi connectivity index (χ1n) is 6.51. The van der Waals surface area contributed by atoms with Crippen molar-refractivity contribution in [2.24, 2.45) is 0 Å². The summed E-state index contributed by atoms with van der Waals surface area (Å²) in [5.41, 5.74) is 4.04. The van der Waals surface area contributed by atoms with E-state index in [0.717, 1.165) is 22.4 Å². The Labute approximate surface area is 132 Å². The average Bonchev–Trinajstić information content (AvgIpc) is 2.43. The molecule has 0 saturated heterocycles. The molecule has 0 bridgehead atoms. The van der Waals surface area contributed by atoms with Crippen molar-refractivity contribution >= 4 is 21.6 Å². The van der Waals surface area contributed by atoms with Crippen molar-refractivity contribution in [3.05, 3.63) is 62.7 Å². The average molecular weight is 350 g/mol. The first-order chi connectivity index (χ1) is 9.92. The van der Waals surface area contributed by atoms with Crippen LogP contribution >= 0.6 is 15.9 Å². The minimum absolute atomic E-state index is 0.0939. The molecule has 5 heteroatoms. The summed E-state index contributed by atoms with van der Waals surface area (Å²) >= 11 is 3.27.